The van der Waals surface area contributed by atoms with Crippen LogP contribution in [0.1, 0.15) is 22.8 Å². The van der Waals surface area contributed by atoms with Crippen LogP contribution >= 0.6 is 0 Å². The molecule has 2 atom stereocenters. The Morgan fingerprint density at radius 3 is 2.68 bits per heavy atom. The molecule has 0 spiro atoms. The molecule has 2 heterocycles. The molecule has 2 aliphatic rings. The third-order valence-electron chi connectivity index (χ3n) is 4.46. The molecule has 132 valence electrons. The maximum atomic E-state index is 12.1. The summed E-state index contributed by atoms with van der Waals surface area (Å²) in [5.74, 6) is -0.142. The fourth-order valence-electron chi connectivity index (χ4n) is 3.37. The highest BCUT2D eigenvalue weighted by Crippen LogP contribution is 2.43. The number of oxime groups is 1. The average Bonchev–Trinajstić information content (AvgIpc) is 3.23. The number of hydrogen-bond donors (Lipinski definition) is 1. The van der Waals surface area contributed by atoms with E-state index in [2.05, 4.69) is 10.3 Å². The lowest BCUT2D eigenvalue weighted by atomic mass is 9.94. The molecule has 2 unspecified atom stereocenters. The van der Waals surface area contributed by atoms with Crippen LogP contribution in [0.4, 0.5) is 0 Å². The fourth-order valence-corrected chi connectivity index (χ4v) is 4.31. The number of carbonyl (C=O) groups excluding carboxylic acids is 1. The molecule has 0 saturated heterocycles. The molecule has 0 radical (unpaired) electrons. The van der Waals surface area contributed by atoms with Crippen molar-refractivity contribution in [2.75, 3.05) is 6.26 Å². The summed E-state index contributed by atoms with van der Waals surface area (Å²) < 4.78 is 25.4. The van der Waals surface area contributed by atoms with Crippen LogP contribution in [-0.4, -0.2) is 37.0 Å². The number of aryl methyl sites for hydroxylation is 1. The Balaban J connectivity index is 0.000000880. The van der Waals surface area contributed by atoms with Crippen LogP contribution in [0.15, 0.2) is 39.2 Å². The quantitative estimate of drug-likeness (QED) is 0.839. The first kappa shape index (κ1) is 17.2. The molecular formula is C16H17N3O5S. The summed E-state index contributed by atoms with van der Waals surface area (Å²) in [6, 6.07) is 5.22. The van der Waals surface area contributed by atoms with Gasteiger partial charge in [-0.1, -0.05) is 17.3 Å². The summed E-state index contributed by atoms with van der Waals surface area (Å²) >= 11 is 0. The average molecular weight is 363 g/mol. The van der Waals surface area contributed by atoms with E-state index in [4.69, 9.17) is 9.63 Å². The van der Waals surface area contributed by atoms with Crippen molar-refractivity contribution in [3.63, 3.8) is 0 Å². The van der Waals surface area contributed by atoms with Gasteiger partial charge in [0.05, 0.1) is 22.1 Å². The Labute approximate surface area is 144 Å². The van der Waals surface area contributed by atoms with Gasteiger partial charge < -0.3 is 14.7 Å². The van der Waals surface area contributed by atoms with Crippen LogP contribution < -0.4 is 5.56 Å². The van der Waals surface area contributed by atoms with Crippen molar-refractivity contribution in [1.82, 2.24) is 9.78 Å². The molecular weight excluding hydrogens is 346 g/mol. The minimum Gasteiger partial charge on any atom is -0.386 e. The lowest BCUT2D eigenvalue weighted by Crippen LogP contribution is -2.22. The second-order valence-electron chi connectivity index (χ2n) is 5.97. The van der Waals surface area contributed by atoms with Crippen molar-refractivity contribution in [2.45, 2.75) is 17.4 Å². The zero-order valence-electron chi connectivity index (χ0n) is 13.7. The highest BCUT2D eigenvalue weighted by atomic mass is 32.2. The molecule has 0 saturated carbocycles. The smallest absolute Gasteiger partial charge is 0.273 e. The van der Waals surface area contributed by atoms with Gasteiger partial charge in [-0.25, -0.2) is 8.42 Å². The molecule has 9 heteroatoms. The SMILES string of the molecule is C=O.Cn1[nH]cc(C2ON=C3c4c(cccc4S(C)(=O)=O)CC32)c1=O. The van der Waals surface area contributed by atoms with E-state index in [0.717, 1.165) is 5.56 Å². The number of fused-ring (bicyclic) bond motifs is 3. The molecule has 2 aromatic rings. The zero-order chi connectivity index (χ0) is 18.4. The van der Waals surface area contributed by atoms with Crippen molar-refractivity contribution in [1.29, 1.82) is 0 Å². The van der Waals surface area contributed by atoms with Gasteiger partial charge in [0.1, 0.15) is 6.79 Å². The highest BCUT2D eigenvalue weighted by molar-refractivity contribution is 7.90. The monoisotopic (exact) mass is 363 g/mol. The van der Waals surface area contributed by atoms with Gasteiger partial charge in [-0.3, -0.25) is 9.48 Å². The van der Waals surface area contributed by atoms with Crippen LogP contribution in [0, 0.1) is 5.92 Å². The number of rotatable bonds is 2. The number of sulfone groups is 1. The van der Waals surface area contributed by atoms with E-state index in [0.29, 0.717) is 23.3 Å². The number of carbonyl (C=O) groups is 1. The molecule has 1 aromatic heterocycles. The topological polar surface area (TPSA) is 111 Å². The maximum Gasteiger partial charge on any atom is 0.273 e. The number of nitrogens with one attached hydrogen (secondary N) is 1. The molecule has 0 amide bonds. The zero-order valence-corrected chi connectivity index (χ0v) is 14.5. The van der Waals surface area contributed by atoms with E-state index in [9.17, 15) is 13.2 Å². The number of benzene rings is 1. The molecule has 4 rings (SSSR count). The Morgan fingerprint density at radius 2 is 2.08 bits per heavy atom. The summed E-state index contributed by atoms with van der Waals surface area (Å²) in [5, 5.41) is 6.94. The van der Waals surface area contributed by atoms with E-state index in [1.807, 2.05) is 12.9 Å². The molecule has 0 fully saturated rings. The Kier molecular flexibility index (Phi) is 4.11. The molecule has 8 nitrogen and oxygen atoms in total. The number of H-pyrrole nitrogens is 1. The van der Waals surface area contributed by atoms with Gasteiger partial charge in [0.15, 0.2) is 15.9 Å². The van der Waals surface area contributed by atoms with Gasteiger partial charge >= 0.3 is 0 Å². The highest BCUT2D eigenvalue weighted by Gasteiger charge is 2.44. The van der Waals surface area contributed by atoms with Gasteiger partial charge in [-0.15, -0.1) is 0 Å². The van der Waals surface area contributed by atoms with E-state index in [-0.39, 0.29) is 16.4 Å². The van der Waals surface area contributed by atoms with Crippen molar-refractivity contribution in [2.24, 2.45) is 18.1 Å². The van der Waals surface area contributed by atoms with E-state index >= 15 is 0 Å². The summed E-state index contributed by atoms with van der Waals surface area (Å²) in [7, 11) is -1.73. The standard InChI is InChI=1S/C15H15N3O4S.CH2O/c1-18-15(19)10(7-16-18)14-9-6-8-4-3-5-11(23(2,20)21)12(8)13(9)17-22-14;1-2/h3-5,7,9,14,16H,6H2,1-2H3;1H2. The minimum absolute atomic E-state index is 0.142. The first-order valence-electron chi connectivity index (χ1n) is 7.47. The van der Waals surface area contributed by atoms with Gasteiger partial charge in [-0.05, 0) is 18.1 Å². The lowest BCUT2D eigenvalue weighted by molar-refractivity contribution is -0.0979. The second-order valence-corrected chi connectivity index (χ2v) is 7.95. The summed E-state index contributed by atoms with van der Waals surface area (Å²) in [6.07, 6.45) is 2.92. The van der Waals surface area contributed by atoms with E-state index in [1.54, 1.807) is 25.4 Å². The van der Waals surface area contributed by atoms with Crippen LogP contribution in [0.5, 0.6) is 0 Å². The van der Waals surface area contributed by atoms with Crippen LogP contribution in [0.25, 0.3) is 0 Å². The predicted molar refractivity (Wildman–Crippen MR) is 90.3 cm³/mol. The molecule has 1 aliphatic heterocycles. The van der Waals surface area contributed by atoms with Crippen molar-refractivity contribution in [3.8, 4) is 0 Å². The summed E-state index contributed by atoms with van der Waals surface area (Å²) in [5.41, 5.74) is 2.53. The van der Waals surface area contributed by atoms with Gasteiger partial charge in [-0.2, -0.15) is 0 Å². The van der Waals surface area contributed by atoms with Gasteiger partial charge in [0, 0.05) is 25.1 Å². The molecule has 1 aliphatic carbocycles. The Hall–Kier alpha value is -2.68. The molecule has 0 bridgehead atoms. The largest absolute Gasteiger partial charge is 0.386 e. The minimum atomic E-state index is -3.36. The normalized spacial score (nSPS) is 20.8. The van der Waals surface area contributed by atoms with Crippen molar-refractivity contribution in [3.05, 3.63) is 51.4 Å². The number of aromatic amines is 1. The predicted octanol–water partition coefficient (Wildman–Crippen LogP) is 0.580. The fraction of sp³-hybridized carbons (Fsp3) is 0.312. The first-order chi connectivity index (χ1) is 11.9. The lowest BCUT2D eigenvalue weighted by Gasteiger charge is -2.11. The number of aromatic nitrogens is 2. The van der Waals surface area contributed by atoms with E-state index < -0.39 is 15.9 Å². The van der Waals surface area contributed by atoms with Crippen LogP contribution in [0.2, 0.25) is 0 Å². The van der Waals surface area contributed by atoms with Gasteiger partial charge in [0.2, 0.25) is 0 Å². The number of nitrogens with zero attached hydrogens (tertiary/aromatic N) is 2. The van der Waals surface area contributed by atoms with E-state index in [1.165, 1.54) is 10.9 Å². The Bertz CT molecular complexity index is 1020. The molecule has 1 N–H and O–H groups in total. The van der Waals surface area contributed by atoms with Gasteiger partial charge in [0.25, 0.3) is 5.56 Å². The second kappa shape index (κ2) is 5.99. The third kappa shape index (κ3) is 2.60. The summed E-state index contributed by atoms with van der Waals surface area (Å²) in [4.78, 5) is 25.9. The maximum absolute atomic E-state index is 12.1. The van der Waals surface area contributed by atoms with Crippen LogP contribution in [0.3, 0.4) is 0 Å². The van der Waals surface area contributed by atoms with Crippen molar-refractivity contribution >= 4 is 22.3 Å². The van der Waals surface area contributed by atoms with Crippen molar-refractivity contribution < 1.29 is 18.0 Å². The number of hydrogen-bond acceptors (Lipinski definition) is 6. The first-order valence-corrected chi connectivity index (χ1v) is 9.36. The Morgan fingerprint density at radius 1 is 1.36 bits per heavy atom. The summed E-state index contributed by atoms with van der Waals surface area (Å²) in [6.45, 7) is 2.00. The van der Waals surface area contributed by atoms with Crippen LogP contribution in [-0.2, 0) is 32.9 Å². The third-order valence-corrected chi connectivity index (χ3v) is 5.60. The molecule has 25 heavy (non-hydrogen) atoms. The molecule has 1 aromatic carbocycles.